The van der Waals surface area contributed by atoms with Gasteiger partial charge in [-0.15, -0.1) is 0 Å². The maximum Gasteiger partial charge on any atom is 0.407 e. The van der Waals surface area contributed by atoms with Crippen LogP contribution in [0.4, 0.5) is 4.79 Å². The first kappa shape index (κ1) is 24.8. The molecule has 1 saturated carbocycles. The van der Waals surface area contributed by atoms with Gasteiger partial charge in [0.2, 0.25) is 5.91 Å². The van der Waals surface area contributed by atoms with Crippen molar-refractivity contribution < 1.29 is 24.2 Å². The average Bonchev–Trinajstić information content (AvgIpc) is 3.19. The summed E-state index contributed by atoms with van der Waals surface area (Å²) in [6.07, 6.45) is 3.36. The average molecular weight is 479 g/mol. The fourth-order valence-corrected chi connectivity index (χ4v) is 5.23. The number of nitrogens with one attached hydrogen (secondary N) is 2. The van der Waals surface area contributed by atoms with Gasteiger partial charge in [-0.1, -0.05) is 61.9 Å². The molecule has 1 fully saturated rings. The molecule has 2 aliphatic carbocycles. The summed E-state index contributed by atoms with van der Waals surface area (Å²) in [5.74, 6) is -1.07. The van der Waals surface area contributed by atoms with E-state index in [1.54, 1.807) is 0 Å². The number of aliphatic carboxylic acids is 1. The van der Waals surface area contributed by atoms with Crippen LogP contribution in [0.3, 0.4) is 0 Å². The molecule has 7 nitrogen and oxygen atoms in total. The lowest BCUT2D eigenvalue weighted by molar-refractivity contribution is -0.143. The Kier molecular flexibility index (Phi) is 8.06. The largest absolute Gasteiger partial charge is 0.481 e. The number of rotatable bonds is 9. The highest BCUT2D eigenvalue weighted by molar-refractivity contribution is 5.79. The minimum absolute atomic E-state index is 0.0229. The van der Waals surface area contributed by atoms with Crippen molar-refractivity contribution in [2.45, 2.75) is 57.4 Å². The Morgan fingerprint density at radius 3 is 2.34 bits per heavy atom. The first-order valence-electron chi connectivity index (χ1n) is 12.5. The third-order valence-corrected chi connectivity index (χ3v) is 7.19. The van der Waals surface area contributed by atoms with Crippen LogP contribution < -0.4 is 10.6 Å². The van der Waals surface area contributed by atoms with Crippen molar-refractivity contribution in [3.8, 4) is 11.1 Å². The zero-order valence-electron chi connectivity index (χ0n) is 20.2. The number of ether oxygens (including phenoxy) is 1. The van der Waals surface area contributed by atoms with Crippen molar-refractivity contribution in [1.82, 2.24) is 10.6 Å². The summed E-state index contributed by atoms with van der Waals surface area (Å²) in [6.45, 7) is 2.68. The van der Waals surface area contributed by atoms with Crippen LogP contribution in [0.5, 0.6) is 0 Å². The van der Waals surface area contributed by atoms with Crippen LogP contribution >= 0.6 is 0 Å². The number of carbonyl (C=O) groups excluding carboxylic acids is 2. The Morgan fingerprint density at radius 2 is 1.69 bits per heavy atom. The number of hydrogen-bond donors (Lipinski definition) is 3. The van der Waals surface area contributed by atoms with Gasteiger partial charge in [0, 0.05) is 24.9 Å². The lowest BCUT2D eigenvalue weighted by Gasteiger charge is -2.27. The van der Waals surface area contributed by atoms with Gasteiger partial charge >= 0.3 is 12.1 Å². The molecule has 3 atom stereocenters. The van der Waals surface area contributed by atoms with Gasteiger partial charge in [0.15, 0.2) is 0 Å². The Labute approximate surface area is 206 Å². The number of amides is 2. The SMILES string of the molecule is CC(CCC(=O)N[C@@H]1CCC[C@H](C(=O)O)C1)CNC(=O)OCC1c2ccccc2-c2ccccc21. The molecule has 7 heteroatoms. The van der Waals surface area contributed by atoms with E-state index >= 15 is 0 Å². The van der Waals surface area contributed by atoms with Crippen molar-refractivity contribution in [2.24, 2.45) is 11.8 Å². The molecule has 2 amide bonds. The van der Waals surface area contributed by atoms with Crippen molar-refractivity contribution in [2.75, 3.05) is 13.2 Å². The molecule has 186 valence electrons. The van der Waals surface area contributed by atoms with E-state index in [0.717, 1.165) is 12.8 Å². The van der Waals surface area contributed by atoms with Crippen molar-refractivity contribution in [1.29, 1.82) is 0 Å². The number of alkyl carbamates (subject to hydrolysis) is 1. The molecule has 4 rings (SSSR count). The molecule has 0 saturated heterocycles. The van der Waals surface area contributed by atoms with Crippen LogP contribution in [-0.4, -0.2) is 42.3 Å². The molecule has 0 spiro atoms. The van der Waals surface area contributed by atoms with Gasteiger partial charge in [0.25, 0.3) is 0 Å². The highest BCUT2D eigenvalue weighted by Gasteiger charge is 2.29. The molecular formula is C28H34N2O5. The molecular weight excluding hydrogens is 444 g/mol. The highest BCUT2D eigenvalue weighted by Crippen LogP contribution is 2.44. The van der Waals surface area contributed by atoms with E-state index in [2.05, 4.69) is 34.9 Å². The zero-order chi connectivity index (χ0) is 24.8. The van der Waals surface area contributed by atoms with Crippen molar-refractivity contribution in [3.63, 3.8) is 0 Å². The molecule has 2 aromatic rings. The molecule has 0 aromatic heterocycles. The Hall–Kier alpha value is -3.35. The number of carbonyl (C=O) groups is 3. The van der Waals surface area contributed by atoms with Crippen LogP contribution in [0.15, 0.2) is 48.5 Å². The van der Waals surface area contributed by atoms with Gasteiger partial charge in [-0.3, -0.25) is 9.59 Å². The Morgan fingerprint density at radius 1 is 1.03 bits per heavy atom. The second kappa shape index (κ2) is 11.4. The second-order valence-electron chi connectivity index (χ2n) is 9.82. The van der Waals surface area contributed by atoms with Crippen LogP contribution in [0.1, 0.15) is 62.5 Å². The van der Waals surface area contributed by atoms with Crippen LogP contribution in [0, 0.1) is 11.8 Å². The van der Waals surface area contributed by atoms with E-state index in [1.165, 1.54) is 22.3 Å². The van der Waals surface area contributed by atoms with Crippen molar-refractivity contribution in [3.05, 3.63) is 59.7 Å². The van der Waals surface area contributed by atoms with E-state index in [1.807, 2.05) is 31.2 Å². The molecule has 3 N–H and O–H groups in total. The van der Waals surface area contributed by atoms with Gasteiger partial charge in [-0.25, -0.2) is 4.79 Å². The van der Waals surface area contributed by atoms with Gasteiger partial charge < -0.3 is 20.5 Å². The summed E-state index contributed by atoms with van der Waals surface area (Å²) < 4.78 is 5.57. The maximum atomic E-state index is 12.4. The molecule has 0 radical (unpaired) electrons. The molecule has 0 heterocycles. The predicted molar refractivity (Wildman–Crippen MR) is 133 cm³/mol. The third kappa shape index (κ3) is 6.21. The first-order chi connectivity index (χ1) is 16.9. The summed E-state index contributed by atoms with van der Waals surface area (Å²) in [7, 11) is 0. The van der Waals surface area contributed by atoms with Crippen molar-refractivity contribution >= 4 is 18.0 Å². The lowest BCUT2D eigenvalue weighted by atomic mass is 9.85. The zero-order valence-corrected chi connectivity index (χ0v) is 20.2. The molecule has 2 aliphatic rings. The minimum Gasteiger partial charge on any atom is -0.481 e. The maximum absolute atomic E-state index is 12.4. The predicted octanol–water partition coefficient (Wildman–Crippen LogP) is 4.70. The summed E-state index contributed by atoms with van der Waals surface area (Å²) in [4.78, 5) is 35.9. The number of hydrogen-bond acceptors (Lipinski definition) is 4. The number of carboxylic acids is 1. The molecule has 0 bridgehead atoms. The summed E-state index contributed by atoms with van der Waals surface area (Å²) in [5.41, 5.74) is 4.73. The Bertz CT molecular complexity index is 1020. The topological polar surface area (TPSA) is 105 Å². The third-order valence-electron chi connectivity index (χ3n) is 7.19. The monoisotopic (exact) mass is 478 g/mol. The number of carboxylic acid groups (broad SMARTS) is 1. The number of fused-ring (bicyclic) bond motifs is 3. The normalized spacial score (nSPS) is 19.8. The van der Waals surface area contributed by atoms with Gasteiger partial charge in [-0.2, -0.15) is 0 Å². The molecule has 35 heavy (non-hydrogen) atoms. The lowest BCUT2D eigenvalue weighted by Crippen LogP contribution is -2.40. The molecule has 1 unspecified atom stereocenters. The number of benzene rings is 2. The Balaban J connectivity index is 1.17. The summed E-state index contributed by atoms with van der Waals surface area (Å²) >= 11 is 0. The van der Waals surface area contributed by atoms with Gasteiger partial charge in [0.1, 0.15) is 6.61 Å². The van der Waals surface area contributed by atoms with E-state index < -0.39 is 12.1 Å². The standard InChI is InChI=1S/C28H34N2O5/c1-18(13-14-26(31)30-20-8-6-7-19(15-20)27(32)33)16-29-28(34)35-17-25-23-11-4-2-9-21(23)22-10-3-5-12-24(22)25/h2-5,9-12,18-20,25H,6-8,13-17H2,1H3,(H,29,34)(H,30,31)(H,32,33)/t18?,19-,20+/m0/s1. The fourth-order valence-electron chi connectivity index (χ4n) is 5.23. The summed E-state index contributed by atoms with van der Waals surface area (Å²) in [5, 5.41) is 15.0. The smallest absolute Gasteiger partial charge is 0.407 e. The highest BCUT2D eigenvalue weighted by atomic mass is 16.5. The quantitative estimate of drug-likeness (QED) is 0.485. The molecule has 0 aliphatic heterocycles. The van der Waals surface area contributed by atoms with E-state index in [4.69, 9.17) is 4.74 Å². The van der Waals surface area contributed by atoms with Gasteiger partial charge in [0.05, 0.1) is 5.92 Å². The van der Waals surface area contributed by atoms with E-state index in [-0.39, 0.29) is 36.3 Å². The fraction of sp³-hybridized carbons (Fsp3) is 0.464. The van der Waals surface area contributed by atoms with Crippen LogP contribution in [-0.2, 0) is 14.3 Å². The summed E-state index contributed by atoms with van der Waals surface area (Å²) in [6, 6.07) is 16.4. The van der Waals surface area contributed by atoms with Crippen LogP contribution in [0.2, 0.25) is 0 Å². The second-order valence-corrected chi connectivity index (χ2v) is 9.82. The van der Waals surface area contributed by atoms with Gasteiger partial charge in [-0.05, 0) is 53.9 Å². The van der Waals surface area contributed by atoms with Crippen LogP contribution in [0.25, 0.3) is 11.1 Å². The van der Waals surface area contributed by atoms with E-state index in [0.29, 0.717) is 32.2 Å². The molecule has 2 aromatic carbocycles. The minimum atomic E-state index is -0.781. The first-order valence-corrected chi connectivity index (χ1v) is 12.5. The van der Waals surface area contributed by atoms with E-state index in [9.17, 15) is 19.5 Å².